The van der Waals surface area contributed by atoms with Crippen molar-refractivity contribution < 1.29 is 5.11 Å². The van der Waals surface area contributed by atoms with E-state index in [9.17, 15) is 5.11 Å². The zero-order valence-electron chi connectivity index (χ0n) is 8.67. The summed E-state index contributed by atoms with van der Waals surface area (Å²) in [6.45, 7) is 5.52. The second kappa shape index (κ2) is 3.33. The van der Waals surface area contributed by atoms with Crippen LogP contribution in [0.3, 0.4) is 0 Å². The van der Waals surface area contributed by atoms with Gasteiger partial charge in [-0.15, -0.1) is 0 Å². The molecule has 76 valence electrons. The standard InChI is InChI=1S/C11H16N2O/c1-8-5-10(6-13-9(8)2)11(14)3-4-12-7-11/h5-6,12,14H,3-4,7H2,1-2H3. The van der Waals surface area contributed by atoms with Crippen LogP contribution < -0.4 is 5.32 Å². The van der Waals surface area contributed by atoms with E-state index in [0.717, 1.165) is 29.8 Å². The van der Waals surface area contributed by atoms with Gasteiger partial charge in [0.2, 0.25) is 0 Å². The molecule has 0 saturated carbocycles. The number of β-amino-alcohol motifs (C(OH)–C–C–N with tert-alkyl or cyclic N) is 1. The highest BCUT2D eigenvalue weighted by atomic mass is 16.3. The summed E-state index contributed by atoms with van der Waals surface area (Å²) < 4.78 is 0. The summed E-state index contributed by atoms with van der Waals surface area (Å²) in [5.41, 5.74) is 2.41. The predicted octanol–water partition coefficient (Wildman–Crippen LogP) is 0.879. The Kier molecular flexibility index (Phi) is 2.29. The van der Waals surface area contributed by atoms with Crippen LogP contribution in [0.5, 0.6) is 0 Å². The summed E-state index contributed by atoms with van der Waals surface area (Å²) in [4.78, 5) is 4.28. The molecular formula is C11H16N2O. The summed E-state index contributed by atoms with van der Waals surface area (Å²) in [5, 5.41) is 13.4. The van der Waals surface area contributed by atoms with Crippen LogP contribution in [0.1, 0.15) is 23.2 Å². The lowest BCUT2D eigenvalue weighted by atomic mass is 9.93. The maximum Gasteiger partial charge on any atom is 0.105 e. The van der Waals surface area contributed by atoms with Crippen LogP contribution in [0, 0.1) is 13.8 Å². The molecule has 0 aliphatic carbocycles. The van der Waals surface area contributed by atoms with E-state index in [2.05, 4.69) is 10.3 Å². The lowest BCUT2D eigenvalue weighted by molar-refractivity contribution is 0.0583. The molecular weight excluding hydrogens is 176 g/mol. The Balaban J connectivity index is 2.36. The topological polar surface area (TPSA) is 45.1 Å². The molecule has 0 bridgehead atoms. The first-order valence-electron chi connectivity index (χ1n) is 4.99. The molecule has 2 heterocycles. The van der Waals surface area contributed by atoms with Crippen molar-refractivity contribution in [1.29, 1.82) is 0 Å². The van der Waals surface area contributed by atoms with Crippen LogP contribution in [0.2, 0.25) is 0 Å². The molecule has 3 nitrogen and oxygen atoms in total. The molecule has 1 fully saturated rings. The van der Waals surface area contributed by atoms with Crippen molar-refractivity contribution in [3.63, 3.8) is 0 Å². The Morgan fingerprint density at radius 2 is 2.29 bits per heavy atom. The maximum absolute atomic E-state index is 10.3. The Morgan fingerprint density at radius 1 is 1.50 bits per heavy atom. The molecule has 2 rings (SSSR count). The van der Waals surface area contributed by atoms with Gasteiger partial charge in [0.05, 0.1) is 0 Å². The number of aromatic nitrogens is 1. The average Bonchev–Trinajstić information content (AvgIpc) is 2.58. The lowest BCUT2D eigenvalue weighted by Gasteiger charge is -2.22. The minimum atomic E-state index is -0.703. The maximum atomic E-state index is 10.3. The summed E-state index contributed by atoms with van der Waals surface area (Å²) in [6, 6.07) is 2.04. The molecule has 0 spiro atoms. The second-order valence-corrected chi connectivity index (χ2v) is 4.08. The van der Waals surface area contributed by atoms with Gasteiger partial charge in [-0.1, -0.05) is 0 Å². The Bertz CT molecular complexity index is 343. The Labute approximate surface area is 84.2 Å². The van der Waals surface area contributed by atoms with Gasteiger partial charge in [-0.05, 0) is 38.4 Å². The largest absolute Gasteiger partial charge is 0.384 e. The van der Waals surface area contributed by atoms with Gasteiger partial charge in [-0.3, -0.25) is 4.98 Å². The van der Waals surface area contributed by atoms with Crippen LogP contribution in [0.25, 0.3) is 0 Å². The average molecular weight is 192 g/mol. The number of aryl methyl sites for hydroxylation is 2. The fourth-order valence-corrected chi connectivity index (χ4v) is 1.82. The van der Waals surface area contributed by atoms with Crippen LogP contribution in [-0.2, 0) is 5.60 Å². The lowest BCUT2D eigenvalue weighted by Crippen LogP contribution is -2.28. The first kappa shape index (κ1) is 9.62. The van der Waals surface area contributed by atoms with Gasteiger partial charge >= 0.3 is 0 Å². The molecule has 1 aliphatic heterocycles. The summed E-state index contributed by atoms with van der Waals surface area (Å²) >= 11 is 0. The molecule has 0 aromatic carbocycles. The molecule has 2 N–H and O–H groups in total. The molecule has 1 aromatic heterocycles. The number of pyridine rings is 1. The van der Waals surface area contributed by atoms with Gasteiger partial charge in [-0.2, -0.15) is 0 Å². The second-order valence-electron chi connectivity index (χ2n) is 4.08. The molecule has 0 radical (unpaired) electrons. The van der Waals surface area contributed by atoms with Gasteiger partial charge in [-0.25, -0.2) is 0 Å². The summed E-state index contributed by atoms with van der Waals surface area (Å²) in [7, 11) is 0. The van der Waals surface area contributed by atoms with Crippen molar-refractivity contribution in [2.75, 3.05) is 13.1 Å². The number of nitrogens with zero attached hydrogens (tertiary/aromatic N) is 1. The highest BCUT2D eigenvalue weighted by Crippen LogP contribution is 2.27. The third-order valence-electron chi connectivity index (χ3n) is 3.01. The van der Waals surface area contributed by atoms with E-state index in [1.807, 2.05) is 19.9 Å². The van der Waals surface area contributed by atoms with E-state index in [4.69, 9.17) is 0 Å². The van der Waals surface area contributed by atoms with Crippen molar-refractivity contribution in [2.24, 2.45) is 0 Å². The smallest absolute Gasteiger partial charge is 0.105 e. The van der Waals surface area contributed by atoms with E-state index in [-0.39, 0.29) is 0 Å². The third-order valence-corrected chi connectivity index (χ3v) is 3.01. The van der Waals surface area contributed by atoms with Crippen LogP contribution in [-0.4, -0.2) is 23.2 Å². The summed E-state index contributed by atoms with van der Waals surface area (Å²) in [6.07, 6.45) is 2.56. The van der Waals surface area contributed by atoms with E-state index in [0.29, 0.717) is 6.54 Å². The van der Waals surface area contributed by atoms with Gasteiger partial charge in [0, 0.05) is 24.0 Å². The number of hydrogen-bond acceptors (Lipinski definition) is 3. The fraction of sp³-hybridized carbons (Fsp3) is 0.545. The minimum Gasteiger partial charge on any atom is -0.384 e. The number of nitrogens with one attached hydrogen (secondary N) is 1. The zero-order valence-corrected chi connectivity index (χ0v) is 8.67. The molecule has 1 atom stereocenters. The molecule has 3 heteroatoms. The van der Waals surface area contributed by atoms with Crippen molar-refractivity contribution in [3.8, 4) is 0 Å². The first-order valence-corrected chi connectivity index (χ1v) is 4.99. The fourth-order valence-electron chi connectivity index (χ4n) is 1.82. The molecule has 1 unspecified atom stereocenters. The molecule has 1 aliphatic rings. The predicted molar refractivity (Wildman–Crippen MR) is 55.1 cm³/mol. The van der Waals surface area contributed by atoms with E-state index in [1.165, 1.54) is 0 Å². The molecule has 1 saturated heterocycles. The van der Waals surface area contributed by atoms with Crippen molar-refractivity contribution in [1.82, 2.24) is 10.3 Å². The normalized spacial score (nSPS) is 26.8. The van der Waals surface area contributed by atoms with Crippen molar-refractivity contribution in [2.45, 2.75) is 25.9 Å². The van der Waals surface area contributed by atoms with E-state index < -0.39 is 5.60 Å². The Morgan fingerprint density at radius 3 is 2.86 bits per heavy atom. The Hall–Kier alpha value is -0.930. The SMILES string of the molecule is Cc1cc(C2(O)CCNC2)cnc1C. The monoisotopic (exact) mass is 192 g/mol. The number of rotatable bonds is 1. The van der Waals surface area contributed by atoms with Gasteiger partial charge < -0.3 is 10.4 Å². The van der Waals surface area contributed by atoms with Gasteiger partial charge in [0.1, 0.15) is 5.60 Å². The molecule has 14 heavy (non-hydrogen) atoms. The zero-order chi connectivity index (χ0) is 10.2. The van der Waals surface area contributed by atoms with E-state index in [1.54, 1.807) is 6.20 Å². The first-order chi connectivity index (χ1) is 6.62. The van der Waals surface area contributed by atoms with Gasteiger partial charge in [0.15, 0.2) is 0 Å². The van der Waals surface area contributed by atoms with E-state index >= 15 is 0 Å². The minimum absolute atomic E-state index is 0.636. The highest BCUT2D eigenvalue weighted by Gasteiger charge is 2.33. The molecule has 0 amide bonds. The third kappa shape index (κ3) is 1.53. The summed E-state index contributed by atoms with van der Waals surface area (Å²) in [5.74, 6) is 0. The quantitative estimate of drug-likeness (QED) is 0.694. The van der Waals surface area contributed by atoms with Crippen molar-refractivity contribution in [3.05, 3.63) is 29.1 Å². The number of aliphatic hydroxyl groups is 1. The van der Waals surface area contributed by atoms with Gasteiger partial charge in [0.25, 0.3) is 0 Å². The molecule has 1 aromatic rings. The number of hydrogen-bond donors (Lipinski definition) is 2. The van der Waals surface area contributed by atoms with Crippen LogP contribution in [0.4, 0.5) is 0 Å². The van der Waals surface area contributed by atoms with Crippen LogP contribution >= 0.6 is 0 Å². The highest BCUT2D eigenvalue weighted by molar-refractivity contribution is 5.28. The van der Waals surface area contributed by atoms with Crippen LogP contribution in [0.15, 0.2) is 12.3 Å². The van der Waals surface area contributed by atoms with Crippen molar-refractivity contribution >= 4 is 0 Å².